The van der Waals surface area contributed by atoms with E-state index in [9.17, 15) is 4.79 Å². The van der Waals surface area contributed by atoms with Crippen molar-refractivity contribution in [1.29, 1.82) is 0 Å². The van der Waals surface area contributed by atoms with Crippen LogP contribution in [0, 0.1) is 5.41 Å². The Bertz CT molecular complexity index is 721. The van der Waals surface area contributed by atoms with E-state index in [1.165, 1.54) is 12.2 Å². The summed E-state index contributed by atoms with van der Waals surface area (Å²) < 4.78 is 0. The summed E-state index contributed by atoms with van der Waals surface area (Å²) in [6, 6.07) is 9.51. The molecule has 0 aliphatic rings. The third-order valence-electron chi connectivity index (χ3n) is 3.32. The molecule has 128 valence electrons. The molecule has 1 heterocycles. The van der Waals surface area contributed by atoms with E-state index in [0.29, 0.717) is 11.6 Å². The van der Waals surface area contributed by atoms with Crippen LogP contribution in [0.5, 0.6) is 0 Å². The van der Waals surface area contributed by atoms with Gasteiger partial charge in [-0.25, -0.2) is 5.06 Å². The molecule has 0 spiro atoms. The van der Waals surface area contributed by atoms with Crippen molar-refractivity contribution in [2.75, 3.05) is 7.11 Å². The summed E-state index contributed by atoms with van der Waals surface area (Å²) in [6.07, 6.45) is 1.81. The summed E-state index contributed by atoms with van der Waals surface area (Å²) >= 11 is 7.97. The van der Waals surface area contributed by atoms with Gasteiger partial charge in [-0.15, -0.1) is 11.3 Å². The van der Waals surface area contributed by atoms with Gasteiger partial charge in [-0.05, 0) is 29.1 Å². The molecule has 0 saturated heterocycles. The van der Waals surface area contributed by atoms with Gasteiger partial charge < -0.3 is 0 Å². The van der Waals surface area contributed by atoms with Crippen LogP contribution in [0.25, 0.3) is 0 Å². The molecular weight excluding hydrogens is 344 g/mol. The summed E-state index contributed by atoms with van der Waals surface area (Å²) in [6.45, 7) is 5.85. The van der Waals surface area contributed by atoms with Gasteiger partial charge >= 0.3 is 0 Å². The lowest BCUT2D eigenvalue weighted by atomic mass is 9.95. The fraction of sp³-hybridized carbons (Fsp3) is 0.333. The zero-order chi connectivity index (χ0) is 17.7. The number of hydrogen-bond donors (Lipinski definition) is 0. The van der Waals surface area contributed by atoms with Crippen molar-refractivity contribution >= 4 is 40.7 Å². The number of carbonyl (C=O) groups excluding carboxylic acids is 1. The van der Waals surface area contributed by atoms with Gasteiger partial charge in [-0.2, -0.15) is 0 Å². The summed E-state index contributed by atoms with van der Waals surface area (Å²) in [4.78, 5) is 23.1. The molecule has 2 rings (SSSR count). The number of rotatable bonds is 5. The van der Waals surface area contributed by atoms with E-state index in [2.05, 4.69) is 4.99 Å². The molecule has 0 radical (unpaired) electrons. The van der Waals surface area contributed by atoms with Gasteiger partial charge in [0.2, 0.25) is 0 Å². The Kier molecular flexibility index (Phi) is 6.15. The number of hydroxylamine groups is 2. The van der Waals surface area contributed by atoms with E-state index in [-0.39, 0.29) is 5.91 Å². The summed E-state index contributed by atoms with van der Waals surface area (Å²) in [7, 11) is 1.48. The van der Waals surface area contributed by atoms with E-state index in [4.69, 9.17) is 16.4 Å². The van der Waals surface area contributed by atoms with E-state index >= 15 is 0 Å². The summed E-state index contributed by atoms with van der Waals surface area (Å²) in [5.74, 6) is -0.0964. The molecule has 2 aromatic rings. The number of aliphatic imine (C=N–C) groups is 1. The molecule has 0 fully saturated rings. The number of halogens is 1. The molecule has 0 aliphatic heterocycles. The average molecular weight is 365 g/mol. The second-order valence-electron chi connectivity index (χ2n) is 6.32. The summed E-state index contributed by atoms with van der Waals surface area (Å²) in [5.41, 5.74) is 1.06. The van der Waals surface area contributed by atoms with Gasteiger partial charge in [0.15, 0.2) is 0 Å². The second kappa shape index (κ2) is 7.92. The van der Waals surface area contributed by atoms with Gasteiger partial charge in [0.05, 0.1) is 19.3 Å². The van der Waals surface area contributed by atoms with E-state index < -0.39 is 5.41 Å². The fourth-order valence-corrected chi connectivity index (χ4v) is 2.82. The standard InChI is InChI=1S/C18H21ClN2O2S/c1-18(2,3)17(22)21(23-4)12-13-7-8-14(10-16(13)19)20-11-15-6-5-9-24-15/h5-11H,12H2,1-4H3. The number of benzene rings is 1. The van der Waals surface area contributed by atoms with Gasteiger partial charge in [0.1, 0.15) is 0 Å². The first kappa shape index (κ1) is 18.6. The number of hydrogen-bond acceptors (Lipinski definition) is 4. The maximum atomic E-state index is 12.3. The van der Waals surface area contributed by atoms with Crippen LogP contribution in [0.2, 0.25) is 5.02 Å². The molecule has 0 N–H and O–H groups in total. The minimum Gasteiger partial charge on any atom is -0.274 e. The van der Waals surface area contributed by atoms with Crippen molar-refractivity contribution in [3.05, 3.63) is 51.2 Å². The molecule has 0 bridgehead atoms. The van der Waals surface area contributed by atoms with Crippen LogP contribution in [0.15, 0.2) is 40.7 Å². The van der Waals surface area contributed by atoms with Crippen molar-refractivity contribution < 1.29 is 9.63 Å². The molecule has 4 nitrogen and oxygen atoms in total. The minimum absolute atomic E-state index is 0.0964. The SMILES string of the molecule is CON(Cc1ccc(N=Cc2cccs2)cc1Cl)C(=O)C(C)(C)C. The third kappa shape index (κ3) is 4.90. The second-order valence-corrected chi connectivity index (χ2v) is 7.71. The molecule has 0 unspecified atom stereocenters. The van der Waals surface area contributed by atoms with Crippen molar-refractivity contribution in [1.82, 2.24) is 5.06 Å². The lowest BCUT2D eigenvalue weighted by Gasteiger charge is -2.27. The first-order chi connectivity index (χ1) is 11.3. The number of thiophene rings is 1. The molecule has 1 aromatic carbocycles. The Morgan fingerprint density at radius 3 is 2.67 bits per heavy atom. The Morgan fingerprint density at radius 2 is 2.12 bits per heavy atom. The lowest BCUT2D eigenvalue weighted by Crippen LogP contribution is -2.38. The smallest absolute Gasteiger partial charge is 0.251 e. The maximum absolute atomic E-state index is 12.3. The molecule has 6 heteroatoms. The highest BCUT2D eigenvalue weighted by Crippen LogP contribution is 2.26. The Labute approximate surface area is 151 Å². The highest BCUT2D eigenvalue weighted by molar-refractivity contribution is 7.11. The molecule has 0 aliphatic carbocycles. The van der Waals surface area contributed by atoms with Crippen LogP contribution in [0.1, 0.15) is 31.2 Å². The topological polar surface area (TPSA) is 41.9 Å². The molecule has 24 heavy (non-hydrogen) atoms. The van der Waals surface area contributed by atoms with Crippen LogP contribution in [0.3, 0.4) is 0 Å². The number of carbonyl (C=O) groups is 1. The number of amides is 1. The summed E-state index contributed by atoms with van der Waals surface area (Å²) in [5, 5.41) is 3.89. The lowest BCUT2D eigenvalue weighted by molar-refractivity contribution is -0.188. The van der Waals surface area contributed by atoms with Crippen LogP contribution < -0.4 is 0 Å². The zero-order valence-corrected chi connectivity index (χ0v) is 15.8. The molecule has 0 saturated carbocycles. The van der Waals surface area contributed by atoms with Crippen LogP contribution in [-0.2, 0) is 16.2 Å². The Hall–Kier alpha value is -1.69. The van der Waals surface area contributed by atoms with Gasteiger partial charge in [0, 0.05) is 21.5 Å². The normalized spacial score (nSPS) is 11.9. The highest BCUT2D eigenvalue weighted by Gasteiger charge is 2.28. The van der Waals surface area contributed by atoms with E-state index in [1.807, 2.05) is 50.4 Å². The van der Waals surface area contributed by atoms with Gasteiger partial charge in [0.25, 0.3) is 5.91 Å². The Morgan fingerprint density at radius 1 is 1.38 bits per heavy atom. The number of nitrogens with zero attached hydrogens (tertiary/aromatic N) is 2. The van der Waals surface area contributed by atoms with Crippen molar-refractivity contribution in [3.8, 4) is 0 Å². The average Bonchev–Trinajstić information content (AvgIpc) is 3.04. The Balaban J connectivity index is 2.13. The zero-order valence-electron chi connectivity index (χ0n) is 14.2. The first-order valence-corrected chi connectivity index (χ1v) is 8.79. The van der Waals surface area contributed by atoms with Crippen molar-refractivity contribution in [2.45, 2.75) is 27.3 Å². The largest absolute Gasteiger partial charge is 0.274 e. The first-order valence-electron chi connectivity index (χ1n) is 7.53. The van der Waals surface area contributed by atoms with Crippen molar-refractivity contribution in [2.24, 2.45) is 10.4 Å². The molecular formula is C18H21ClN2O2S. The minimum atomic E-state index is -0.520. The third-order valence-corrected chi connectivity index (χ3v) is 4.48. The fourth-order valence-electron chi connectivity index (χ4n) is 2.00. The predicted octanol–water partition coefficient (Wildman–Crippen LogP) is 5.09. The van der Waals surface area contributed by atoms with Gasteiger partial charge in [-0.3, -0.25) is 14.6 Å². The quantitative estimate of drug-likeness (QED) is 0.547. The molecule has 1 amide bonds. The van der Waals surface area contributed by atoms with Gasteiger partial charge in [-0.1, -0.05) is 44.5 Å². The van der Waals surface area contributed by atoms with E-state index in [1.54, 1.807) is 23.6 Å². The highest BCUT2D eigenvalue weighted by atomic mass is 35.5. The monoisotopic (exact) mass is 364 g/mol. The molecule has 0 atom stereocenters. The molecule has 1 aromatic heterocycles. The van der Waals surface area contributed by atoms with Crippen molar-refractivity contribution in [3.63, 3.8) is 0 Å². The van der Waals surface area contributed by atoms with Crippen LogP contribution >= 0.6 is 22.9 Å². The van der Waals surface area contributed by atoms with Crippen LogP contribution in [0.4, 0.5) is 5.69 Å². The predicted molar refractivity (Wildman–Crippen MR) is 100 cm³/mol. The van der Waals surface area contributed by atoms with Crippen LogP contribution in [-0.4, -0.2) is 24.3 Å². The van der Waals surface area contributed by atoms with E-state index in [0.717, 1.165) is 16.1 Å². The maximum Gasteiger partial charge on any atom is 0.251 e.